The molecule has 3 rings (SSSR count). The van der Waals surface area contributed by atoms with Crippen molar-refractivity contribution < 1.29 is 13.6 Å². The third kappa shape index (κ3) is 4.54. The summed E-state index contributed by atoms with van der Waals surface area (Å²) in [6.45, 7) is 3.18. The van der Waals surface area contributed by atoms with E-state index in [9.17, 15) is 13.6 Å². The molecule has 1 heterocycles. The monoisotopic (exact) mass is 345 g/mol. The standard InChI is InChI=1S/C19H21F2N3O/c20-16-5-7-17(8-6-16)23-9-11-24(12-10-23)19(25)14-22-13-15-3-1-2-4-18(15)21/h1-8,22H,9-14H2. The van der Waals surface area contributed by atoms with Crippen LogP contribution in [0.25, 0.3) is 0 Å². The summed E-state index contributed by atoms with van der Waals surface area (Å²) in [6.07, 6.45) is 0. The number of hydrogen-bond donors (Lipinski definition) is 1. The number of rotatable bonds is 5. The fourth-order valence-electron chi connectivity index (χ4n) is 2.92. The second kappa shape index (κ2) is 8.07. The van der Waals surface area contributed by atoms with E-state index < -0.39 is 0 Å². The highest BCUT2D eigenvalue weighted by Crippen LogP contribution is 2.16. The third-order valence-electron chi connectivity index (χ3n) is 4.37. The molecule has 6 heteroatoms. The quantitative estimate of drug-likeness (QED) is 0.904. The highest BCUT2D eigenvalue weighted by molar-refractivity contribution is 5.78. The van der Waals surface area contributed by atoms with Crippen molar-refractivity contribution in [1.29, 1.82) is 0 Å². The molecule has 1 amide bonds. The van der Waals surface area contributed by atoms with Crippen LogP contribution in [-0.4, -0.2) is 43.5 Å². The second-order valence-electron chi connectivity index (χ2n) is 6.04. The Morgan fingerprint density at radius 3 is 2.32 bits per heavy atom. The molecule has 1 aliphatic heterocycles. The minimum Gasteiger partial charge on any atom is -0.368 e. The number of carbonyl (C=O) groups excluding carboxylic acids is 1. The van der Waals surface area contributed by atoms with Crippen LogP contribution in [0.4, 0.5) is 14.5 Å². The zero-order valence-corrected chi connectivity index (χ0v) is 13.9. The Bertz CT molecular complexity index is 713. The van der Waals surface area contributed by atoms with E-state index in [-0.39, 0.29) is 24.1 Å². The number of piperazine rings is 1. The van der Waals surface area contributed by atoms with Gasteiger partial charge in [-0.3, -0.25) is 4.79 Å². The van der Waals surface area contributed by atoms with Crippen molar-refractivity contribution in [3.63, 3.8) is 0 Å². The predicted molar refractivity (Wildman–Crippen MR) is 93.3 cm³/mol. The molecule has 2 aromatic carbocycles. The van der Waals surface area contributed by atoms with Crippen LogP contribution in [0.3, 0.4) is 0 Å². The zero-order valence-electron chi connectivity index (χ0n) is 13.9. The van der Waals surface area contributed by atoms with Crippen molar-refractivity contribution in [3.8, 4) is 0 Å². The normalized spacial score (nSPS) is 14.6. The van der Waals surface area contributed by atoms with Gasteiger partial charge < -0.3 is 15.1 Å². The van der Waals surface area contributed by atoms with Crippen LogP contribution in [-0.2, 0) is 11.3 Å². The molecule has 2 aromatic rings. The first-order valence-corrected chi connectivity index (χ1v) is 8.36. The summed E-state index contributed by atoms with van der Waals surface area (Å²) in [7, 11) is 0. The van der Waals surface area contributed by atoms with Gasteiger partial charge in [-0.15, -0.1) is 0 Å². The third-order valence-corrected chi connectivity index (χ3v) is 4.37. The van der Waals surface area contributed by atoms with Gasteiger partial charge in [-0.2, -0.15) is 0 Å². The maximum Gasteiger partial charge on any atom is 0.236 e. The summed E-state index contributed by atoms with van der Waals surface area (Å²) in [6, 6.07) is 12.9. The molecule has 1 aliphatic rings. The zero-order chi connectivity index (χ0) is 17.6. The molecule has 1 fully saturated rings. The lowest BCUT2D eigenvalue weighted by atomic mass is 10.2. The van der Waals surface area contributed by atoms with E-state index in [1.807, 2.05) is 0 Å². The molecule has 0 bridgehead atoms. The molecule has 1 N–H and O–H groups in total. The molecule has 132 valence electrons. The summed E-state index contributed by atoms with van der Waals surface area (Å²) in [4.78, 5) is 16.2. The van der Waals surface area contributed by atoms with E-state index in [1.54, 1.807) is 35.2 Å². The Labute approximate surface area is 146 Å². The van der Waals surface area contributed by atoms with Crippen molar-refractivity contribution in [2.24, 2.45) is 0 Å². The van der Waals surface area contributed by atoms with Crippen LogP contribution >= 0.6 is 0 Å². The summed E-state index contributed by atoms with van der Waals surface area (Å²) < 4.78 is 26.5. The number of amides is 1. The van der Waals surface area contributed by atoms with Crippen molar-refractivity contribution in [3.05, 3.63) is 65.7 Å². The lowest BCUT2D eigenvalue weighted by Crippen LogP contribution is -2.50. The summed E-state index contributed by atoms with van der Waals surface area (Å²) >= 11 is 0. The number of halogens is 2. The van der Waals surface area contributed by atoms with E-state index in [4.69, 9.17) is 0 Å². The number of hydrogen-bond acceptors (Lipinski definition) is 3. The largest absolute Gasteiger partial charge is 0.368 e. The molecular weight excluding hydrogens is 324 g/mol. The minimum atomic E-state index is -0.268. The van der Waals surface area contributed by atoms with Crippen LogP contribution in [0, 0.1) is 11.6 Å². The maximum absolute atomic E-state index is 13.5. The molecular formula is C19H21F2N3O. The summed E-state index contributed by atoms with van der Waals surface area (Å²) in [5, 5.41) is 3.00. The van der Waals surface area contributed by atoms with E-state index in [1.165, 1.54) is 18.2 Å². The maximum atomic E-state index is 13.5. The highest BCUT2D eigenvalue weighted by atomic mass is 19.1. The summed E-state index contributed by atoms with van der Waals surface area (Å²) in [5.74, 6) is -0.510. The molecule has 0 spiro atoms. The van der Waals surface area contributed by atoms with Gasteiger partial charge in [0.25, 0.3) is 0 Å². The smallest absolute Gasteiger partial charge is 0.236 e. The average Bonchev–Trinajstić information content (AvgIpc) is 2.64. The van der Waals surface area contributed by atoms with Gasteiger partial charge in [-0.25, -0.2) is 8.78 Å². The molecule has 0 saturated carbocycles. The van der Waals surface area contributed by atoms with E-state index in [0.29, 0.717) is 38.3 Å². The number of carbonyl (C=O) groups is 1. The predicted octanol–water partition coefficient (Wildman–Crippen LogP) is 2.40. The van der Waals surface area contributed by atoms with Gasteiger partial charge >= 0.3 is 0 Å². The Kier molecular flexibility index (Phi) is 5.60. The molecule has 25 heavy (non-hydrogen) atoms. The van der Waals surface area contributed by atoms with Gasteiger partial charge in [0.1, 0.15) is 11.6 Å². The first-order chi connectivity index (χ1) is 12.1. The number of anilines is 1. The van der Waals surface area contributed by atoms with Gasteiger partial charge in [0.05, 0.1) is 6.54 Å². The molecule has 1 saturated heterocycles. The Morgan fingerprint density at radius 1 is 0.960 bits per heavy atom. The summed E-state index contributed by atoms with van der Waals surface area (Å²) in [5.41, 5.74) is 1.52. The van der Waals surface area contributed by atoms with Crippen LogP contribution in [0.1, 0.15) is 5.56 Å². The molecule has 0 aliphatic carbocycles. The Morgan fingerprint density at radius 2 is 1.64 bits per heavy atom. The van der Waals surface area contributed by atoms with Crippen molar-refractivity contribution in [2.45, 2.75) is 6.54 Å². The van der Waals surface area contributed by atoms with Crippen molar-refractivity contribution in [2.75, 3.05) is 37.6 Å². The van der Waals surface area contributed by atoms with Crippen LogP contribution in [0.2, 0.25) is 0 Å². The first-order valence-electron chi connectivity index (χ1n) is 8.36. The topological polar surface area (TPSA) is 35.6 Å². The molecule has 0 unspecified atom stereocenters. The van der Waals surface area contributed by atoms with Gasteiger partial charge in [0.15, 0.2) is 0 Å². The lowest BCUT2D eigenvalue weighted by Gasteiger charge is -2.36. The molecule has 0 atom stereocenters. The number of nitrogens with one attached hydrogen (secondary N) is 1. The highest BCUT2D eigenvalue weighted by Gasteiger charge is 2.21. The van der Waals surface area contributed by atoms with Gasteiger partial charge in [0, 0.05) is 44.0 Å². The van der Waals surface area contributed by atoms with Crippen molar-refractivity contribution >= 4 is 11.6 Å². The molecule has 0 radical (unpaired) electrons. The number of benzene rings is 2. The van der Waals surface area contributed by atoms with Gasteiger partial charge in [-0.1, -0.05) is 18.2 Å². The Hall–Kier alpha value is -2.47. The van der Waals surface area contributed by atoms with E-state index >= 15 is 0 Å². The fraction of sp³-hybridized carbons (Fsp3) is 0.316. The molecule has 0 aromatic heterocycles. The van der Waals surface area contributed by atoms with Crippen LogP contribution in [0.5, 0.6) is 0 Å². The number of nitrogens with zero attached hydrogens (tertiary/aromatic N) is 2. The molecule has 4 nitrogen and oxygen atoms in total. The van der Waals surface area contributed by atoms with Crippen LogP contribution in [0.15, 0.2) is 48.5 Å². The van der Waals surface area contributed by atoms with Gasteiger partial charge in [0.2, 0.25) is 5.91 Å². The second-order valence-corrected chi connectivity index (χ2v) is 6.04. The SMILES string of the molecule is O=C(CNCc1ccccc1F)N1CCN(c2ccc(F)cc2)CC1. The van der Waals surface area contributed by atoms with E-state index in [0.717, 1.165) is 5.69 Å². The lowest BCUT2D eigenvalue weighted by molar-refractivity contribution is -0.130. The average molecular weight is 345 g/mol. The minimum absolute atomic E-state index is 0.00935. The van der Waals surface area contributed by atoms with Crippen molar-refractivity contribution in [1.82, 2.24) is 10.2 Å². The van der Waals surface area contributed by atoms with E-state index in [2.05, 4.69) is 10.2 Å². The van der Waals surface area contributed by atoms with Crippen LogP contribution < -0.4 is 10.2 Å². The van der Waals surface area contributed by atoms with Gasteiger partial charge in [-0.05, 0) is 30.3 Å². The fourth-order valence-corrected chi connectivity index (χ4v) is 2.92. The first kappa shape index (κ1) is 17.4. The Balaban J connectivity index is 1.44.